The van der Waals surface area contributed by atoms with E-state index in [1.54, 1.807) is 17.0 Å². The molecule has 4 fully saturated rings. The summed E-state index contributed by atoms with van der Waals surface area (Å²) in [5, 5.41) is 8.71. The third-order valence-electron chi connectivity index (χ3n) is 8.09. The fraction of sp³-hybridized carbons (Fsp3) is 0.600. The lowest BCUT2D eigenvalue weighted by atomic mass is 10.1. The summed E-state index contributed by atoms with van der Waals surface area (Å²) in [6, 6.07) is 4.87. The molecule has 2 aliphatic carbocycles. The number of methoxy groups -OCH3 is 1. The maximum absolute atomic E-state index is 14.1. The number of amides is 3. The number of hydrogen-bond acceptors (Lipinski definition) is 8. The topological polar surface area (TPSA) is 131 Å². The fourth-order valence-electron chi connectivity index (χ4n) is 5.64. The molecule has 2 heterocycles. The zero-order valence-corrected chi connectivity index (χ0v) is 22.7. The Morgan fingerprint density at radius 2 is 1.79 bits per heavy atom. The van der Waals surface area contributed by atoms with E-state index in [4.69, 9.17) is 16.3 Å². The lowest BCUT2D eigenvalue weighted by molar-refractivity contribution is -0.147. The van der Waals surface area contributed by atoms with Crippen LogP contribution in [-0.2, 0) is 24.2 Å². The maximum Gasteiger partial charge on any atom is 0.409 e. The minimum Gasteiger partial charge on any atom is -0.453 e. The number of halogens is 1. The van der Waals surface area contributed by atoms with Crippen LogP contribution in [0.3, 0.4) is 0 Å². The van der Waals surface area contributed by atoms with Crippen molar-refractivity contribution in [2.24, 2.45) is 0 Å². The zero-order chi connectivity index (χ0) is 27.2. The Morgan fingerprint density at radius 3 is 2.34 bits per heavy atom. The molecule has 2 aliphatic heterocycles. The minimum absolute atomic E-state index is 0.0356. The van der Waals surface area contributed by atoms with Crippen LogP contribution in [0.2, 0.25) is 5.02 Å². The number of sulfone groups is 1. The average Bonchev–Trinajstić information content (AvgIpc) is 3.86. The molecule has 2 saturated heterocycles. The van der Waals surface area contributed by atoms with Gasteiger partial charge in [-0.2, -0.15) is 5.26 Å². The number of carbonyl (C=O) groups excluding carboxylic acids is 3. The monoisotopic (exact) mass is 563 g/mol. The highest BCUT2D eigenvalue weighted by atomic mass is 35.5. The van der Waals surface area contributed by atoms with Crippen molar-refractivity contribution in [3.8, 4) is 6.19 Å². The van der Waals surface area contributed by atoms with Gasteiger partial charge in [-0.15, -0.1) is 0 Å². The first-order valence-corrected chi connectivity index (χ1v) is 14.7. The molecule has 2 saturated carbocycles. The number of nitriles is 1. The first kappa shape index (κ1) is 26.7. The second kappa shape index (κ2) is 10.0. The number of carbonyl (C=O) groups is 3. The summed E-state index contributed by atoms with van der Waals surface area (Å²) in [5.41, 5.74) is -0.846. The van der Waals surface area contributed by atoms with Gasteiger partial charge < -0.3 is 14.5 Å². The van der Waals surface area contributed by atoms with Crippen molar-refractivity contribution in [1.29, 1.82) is 5.26 Å². The van der Waals surface area contributed by atoms with Crippen molar-refractivity contribution in [3.63, 3.8) is 0 Å². The Kier molecular flexibility index (Phi) is 7.04. The van der Waals surface area contributed by atoms with Crippen molar-refractivity contribution in [2.75, 3.05) is 39.8 Å². The highest BCUT2D eigenvalue weighted by Gasteiger charge is 2.60. The van der Waals surface area contributed by atoms with Crippen molar-refractivity contribution < 1.29 is 27.5 Å². The van der Waals surface area contributed by atoms with Gasteiger partial charge in [0.05, 0.1) is 22.3 Å². The van der Waals surface area contributed by atoms with Crippen LogP contribution in [0.4, 0.5) is 4.79 Å². The van der Waals surface area contributed by atoms with Gasteiger partial charge >= 0.3 is 6.09 Å². The van der Waals surface area contributed by atoms with Crippen molar-refractivity contribution in [2.45, 2.75) is 59.9 Å². The number of likely N-dealkylation sites (tertiary alicyclic amines) is 1. The van der Waals surface area contributed by atoms with Crippen LogP contribution in [0.25, 0.3) is 0 Å². The Labute approximate surface area is 226 Å². The predicted octanol–water partition coefficient (Wildman–Crippen LogP) is 1.47. The van der Waals surface area contributed by atoms with Crippen LogP contribution in [-0.4, -0.2) is 109 Å². The molecule has 11 nitrogen and oxygen atoms in total. The molecule has 0 bridgehead atoms. The predicted molar refractivity (Wildman–Crippen MR) is 136 cm³/mol. The van der Waals surface area contributed by atoms with Crippen LogP contribution in [0.15, 0.2) is 29.2 Å². The summed E-state index contributed by atoms with van der Waals surface area (Å²) >= 11 is 6.21. The van der Waals surface area contributed by atoms with E-state index in [0.717, 1.165) is 4.90 Å². The Hall–Kier alpha value is -2.88. The van der Waals surface area contributed by atoms with E-state index in [9.17, 15) is 28.1 Å². The molecule has 38 heavy (non-hydrogen) atoms. The Balaban J connectivity index is 1.41. The molecule has 204 valence electrons. The van der Waals surface area contributed by atoms with Crippen LogP contribution >= 0.6 is 11.6 Å². The number of hydrogen-bond donors (Lipinski definition) is 0. The maximum atomic E-state index is 14.1. The van der Waals surface area contributed by atoms with Crippen LogP contribution < -0.4 is 0 Å². The summed E-state index contributed by atoms with van der Waals surface area (Å²) in [4.78, 5) is 45.6. The van der Waals surface area contributed by atoms with Gasteiger partial charge in [-0.05, 0) is 44.2 Å². The van der Waals surface area contributed by atoms with Crippen LogP contribution in [0.5, 0.6) is 0 Å². The van der Waals surface area contributed by atoms with Gasteiger partial charge in [0.2, 0.25) is 5.91 Å². The van der Waals surface area contributed by atoms with E-state index in [0.29, 0.717) is 51.9 Å². The number of piperazine rings is 1. The van der Waals surface area contributed by atoms with Gasteiger partial charge in [-0.25, -0.2) is 18.1 Å². The van der Waals surface area contributed by atoms with Crippen molar-refractivity contribution in [3.05, 3.63) is 29.3 Å². The van der Waals surface area contributed by atoms with Gasteiger partial charge in [0.1, 0.15) is 11.6 Å². The normalized spacial score (nSPS) is 25.0. The van der Waals surface area contributed by atoms with E-state index in [2.05, 4.69) is 0 Å². The molecule has 5 rings (SSSR count). The summed E-state index contributed by atoms with van der Waals surface area (Å²) in [7, 11) is -2.64. The first-order chi connectivity index (χ1) is 18.1. The van der Waals surface area contributed by atoms with Gasteiger partial charge in [0, 0.05) is 38.8 Å². The SMILES string of the molecule is COC(=O)N1CCN(C2(C(=O)N3C[C@H](S(=O)(=O)c4ccccc4Cl)C[C@H]3C(=O)N(C#N)C3CC3)CC2)CC1. The van der Waals surface area contributed by atoms with Gasteiger partial charge in [-0.3, -0.25) is 14.5 Å². The van der Waals surface area contributed by atoms with Crippen molar-refractivity contribution in [1.82, 2.24) is 19.6 Å². The molecule has 0 aromatic heterocycles. The molecular weight excluding hydrogens is 534 g/mol. The molecule has 0 spiro atoms. The summed E-state index contributed by atoms with van der Waals surface area (Å²) in [6.07, 6.45) is 3.99. The lowest BCUT2D eigenvalue weighted by Gasteiger charge is -2.40. The lowest BCUT2D eigenvalue weighted by Crippen LogP contribution is -2.59. The molecule has 1 aromatic carbocycles. The van der Waals surface area contributed by atoms with E-state index in [1.807, 2.05) is 11.1 Å². The third-order valence-corrected chi connectivity index (χ3v) is 10.7. The first-order valence-electron chi connectivity index (χ1n) is 12.7. The van der Waals surface area contributed by atoms with Gasteiger partial charge in [0.15, 0.2) is 16.0 Å². The quantitative estimate of drug-likeness (QED) is 0.375. The number of ether oxygens (including phenoxy) is 1. The van der Waals surface area contributed by atoms with Crippen molar-refractivity contribution >= 4 is 39.3 Å². The third kappa shape index (κ3) is 4.61. The Morgan fingerprint density at radius 1 is 1.13 bits per heavy atom. The molecule has 3 amide bonds. The standard InChI is InChI=1S/C25H30ClN5O6S/c1-37-24(34)28-10-12-29(13-11-28)25(8-9-25)23(33)30-15-18(38(35,36)21-5-3-2-4-19(21)26)14-20(30)22(32)31(16-27)17-6-7-17/h2-5,17-18,20H,6-15H2,1H3/t18-,20+/m1/s1. The minimum atomic E-state index is -3.96. The zero-order valence-electron chi connectivity index (χ0n) is 21.1. The van der Waals surface area contributed by atoms with Crippen LogP contribution in [0, 0.1) is 11.5 Å². The molecule has 4 aliphatic rings. The van der Waals surface area contributed by atoms with E-state index >= 15 is 0 Å². The smallest absolute Gasteiger partial charge is 0.409 e. The number of nitrogens with zero attached hydrogens (tertiary/aromatic N) is 5. The number of benzene rings is 1. The second-order valence-corrected chi connectivity index (χ2v) is 12.9. The van der Waals surface area contributed by atoms with E-state index < -0.39 is 38.7 Å². The fourth-order valence-corrected chi connectivity index (χ4v) is 7.86. The van der Waals surface area contributed by atoms with Gasteiger partial charge in [0.25, 0.3) is 5.91 Å². The van der Waals surface area contributed by atoms with Crippen LogP contribution in [0.1, 0.15) is 32.1 Å². The molecule has 0 N–H and O–H groups in total. The van der Waals surface area contributed by atoms with Gasteiger partial charge in [-0.1, -0.05) is 23.7 Å². The van der Waals surface area contributed by atoms with E-state index in [-0.39, 0.29) is 34.8 Å². The molecule has 1 aromatic rings. The molecule has 0 unspecified atom stereocenters. The molecular formula is C25H30ClN5O6S. The highest BCUT2D eigenvalue weighted by molar-refractivity contribution is 7.92. The highest BCUT2D eigenvalue weighted by Crippen LogP contribution is 2.46. The second-order valence-electron chi connectivity index (χ2n) is 10.3. The van der Waals surface area contributed by atoms with E-state index in [1.165, 1.54) is 24.1 Å². The molecule has 2 atom stereocenters. The largest absolute Gasteiger partial charge is 0.453 e. The number of rotatable bonds is 6. The molecule has 13 heteroatoms. The Bertz CT molecular complexity index is 1280. The summed E-state index contributed by atoms with van der Waals surface area (Å²) in [6.45, 7) is 1.56. The average molecular weight is 564 g/mol. The molecule has 0 radical (unpaired) electrons. The summed E-state index contributed by atoms with van der Waals surface area (Å²) in [5.74, 6) is -0.834. The summed E-state index contributed by atoms with van der Waals surface area (Å²) < 4.78 is 32.0.